The average molecular weight is 543 g/mol. The fourth-order valence-corrected chi connectivity index (χ4v) is 5.10. The van der Waals surface area contributed by atoms with Crippen molar-refractivity contribution < 1.29 is 31.1 Å². The van der Waals surface area contributed by atoms with Crippen LogP contribution in [-0.4, -0.2) is 11.6 Å². The van der Waals surface area contributed by atoms with Gasteiger partial charge in [0.15, 0.2) is 23.3 Å². The number of anilines is 1. The molecule has 10 heteroatoms. The molecule has 0 unspecified atom stereocenters. The fourth-order valence-electron chi connectivity index (χ4n) is 4.10. The quantitative estimate of drug-likeness (QED) is 0.0849. The Labute approximate surface area is 217 Å². The van der Waals surface area contributed by atoms with E-state index in [9.17, 15) is 31.1 Å². The van der Waals surface area contributed by atoms with Crippen LogP contribution in [0.3, 0.4) is 0 Å². The van der Waals surface area contributed by atoms with Crippen molar-refractivity contribution in [1.29, 1.82) is 0 Å². The maximum absolute atomic E-state index is 14.4. The second-order valence-electron chi connectivity index (χ2n) is 8.40. The van der Waals surface area contributed by atoms with Crippen LogP contribution in [0.2, 0.25) is 0 Å². The van der Waals surface area contributed by atoms with Gasteiger partial charge in [0, 0.05) is 10.6 Å². The van der Waals surface area contributed by atoms with E-state index in [1.807, 2.05) is 30.3 Å². The fraction of sp³-hybridized carbons (Fsp3) is 0.0714. The molecule has 5 rings (SSSR count). The number of amides is 1. The van der Waals surface area contributed by atoms with E-state index < -0.39 is 40.7 Å². The summed E-state index contributed by atoms with van der Waals surface area (Å²) < 4.78 is 83.2. The van der Waals surface area contributed by atoms with Crippen molar-refractivity contribution in [3.63, 3.8) is 0 Å². The summed E-state index contributed by atoms with van der Waals surface area (Å²) in [6.07, 6.45) is 1.45. The summed E-state index contributed by atoms with van der Waals surface area (Å²) in [7, 11) is 0. The third-order valence-corrected chi connectivity index (χ3v) is 7.11. The zero-order valence-corrected chi connectivity index (χ0v) is 20.4. The van der Waals surface area contributed by atoms with Crippen molar-refractivity contribution in [1.82, 2.24) is 0 Å². The van der Waals surface area contributed by atoms with Crippen LogP contribution in [-0.2, 0) is 10.5 Å². The minimum atomic E-state index is -2.33. The predicted molar refractivity (Wildman–Crippen MR) is 135 cm³/mol. The second kappa shape index (κ2) is 10.0. The third kappa shape index (κ3) is 4.45. The Hall–Kier alpha value is -4.05. The lowest BCUT2D eigenvalue weighted by atomic mass is 10.0. The van der Waals surface area contributed by atoms with Gasteiger partial charge in [-0.3, -0.25) is 4.79 Å². The lowest BCUT2D eigenvalue weighted by Crippen LogP contribution is -2.25. The Kier molecular flexibility index (Phi) is 6.75. The van der Waals surface area contributed by atoms with Gasteiger partial charge in [-0.25, -0.2) is 26.3 Å². The van der Waals surface area contributed by atoms with E-state index in [0.717, 1.165) is 21.2 Å². The summed E-state index contributed by atoms with van der Waals surface area (Å²) in [5.41, 5.74) is -0.0929. The summed E-state index contributed by atoms with van der Waals surface area (Å²) >= 11 is 1.50. The van der Waals surface area contributed by atoms with Gasteiger partial charge in [0.05, 0.1) is 11.3 Å². The number of hydrogen-bond donors (Lipinski definition) is 0. The van der Waals surface area contributed by atoms with Crippen LogP contribution in [0.15, 0.2) is 76.2 Å². The minimum absolute atomic E-state index is 0.0348. The highest BCUT2D eigenvalue weighted by Crippen LogP contribution is 2.36. The molecule has 4 aromatic rings. The van der Waals surface area contributed by atoms with Gasteiger partial charge in [0.25, 0.3) is 5.91 Å². The van der Waals surface area contributed by atoms with Crippen LogP contribution >= 0.6 is 11.8 Å². The third-order valence-electron chi connectivity index (χ3n) is 5.96. The smallest absolute Gasteiger partial charge is 0.267 e. The molecule has 0 saturated carbocycles. The van der Waals surface area contributed by atoms with E-state index >= 15 is 0 Å². The van der Waals surface area contributed by atoms with Gasteiger partial charge in [-0.1, -0.05) is 42.5 Å². The molecule has 38 heavy (non-hydrogen) atoms. The molecule has 0 aromatic heterocycles. The first-order valence-corrected chi connectivity index (χ1v) is 12.2. The van der Waals surface area contributed by atoms with Crippen molar-refractivity contribution in [2.24, 2.45) is 5.10 Å². The normalized spacial score (nSPS) is 14.6. The predicted octanol–water partition coefficient (Wildman–Crippen LogP) is 7.77. The molecule has 0 spiro atoms. The first kappa shape index (κ1) is 25.6. The van der Waals surface area contributed by atoms with Crippen molar-refractivity contribution in [2.45, 2.75) is 17.6 Å². The molecule has 0 aliphatic carbocycles. The van der Waals surface area contributed by atoms with E-state index in [1.165, 1.54) is 36.9 Å². The molecule has 1 aliphatic rings. The maximum atomic E-state index is 14.4. The molecular weight excluding hydrogens is 526 g/mol. The number of nitrogens with zero attached hydrogens (tertiary/aromatic N) is 2. The molecule has 1 aliphatic heterocycles. The highest BCUT2D eigenvalue weighted by atomic mass is 32.2. The monoisotopic (exact) mass is 542 g/mol. The highest BCUT2D eigenvalue weighted by Gasteiger charge is 2.37. The number of hydrogen-bond acceptors (Lipinski definition) is 3. The Bertz CT molecular complexity index is 1660. The van der Waals surface area contributed by atoms with Crippen molar-refractivity contribution in [3.05, 3.63) is 112 Å². The van der Waals surface area contributed by atoms with Crippen LogP contribution < -0.4 is 5.01 Å². The summed E-state index contributed by atoms with van der Waals surface area (Å²) in [5.74, 6) is -11.8. The molecule has 1 amide bonds. The number of benzene rings is 4. The molecule has 1 heterocycles. The van der Waals surface area contributed by atoms with Crippen molar-refractivity contribution in [3.8, 4) is 0 Å². The number of carbonyl (C=O) groups is 1. The largest absolute Gasteiger partial charge is 0.280 e. The molecule has 0 N–H and O–H groups in total. The van der Waals surface area contributed by atoms with E-state index in [2.05, 4.69) is 5.10 Å². The SMILES string of the molecule is CC1=NN(c2c(F)c(F)c(F)c(F)c2F)C(=O)/C1=C/c1ccc(SCc2cccc(F)c2)c2ccccc12. The second-order valence-corrected chi connectivity index (χ2v) is 9.41. The average Bonchev–Trinajstić information content (AvgIpc) is 3.18. The maximum Gasteiger partial charge on any atom is 0.280 e. The van der Waals surface area contributed by atoms with Crippen molar-refractivity contribution >= 4 is 45.9 Å². The summed E-state index contributed by atoms with van der Waals surface area (Å²) in [6.45, 7) is 1.39. The van der Waals surface area contributed by atoms with E-state index in [-0.39, 0.29) is 22.1 Å². The van der Waals surface area contributed by atoms with E-state index in [0.29, 0.717) is 11.3 Å². The Morgan fingerprint density at radius 1 is 0.816 bits per heavy atom. The van der Waals surface area contributed by atoms with Gasteiger partial charge in [-0.05, 0) is 53.1 Å². The zero-order valence-electron chi connectivity index (χ0n) is 19.5. The highest BCUT2D eigenvalue weighted by molar-refractivity contribution is 7.98. The molecule has 3 nitrogen and oxygen atoms in total. The van der Waals surface area contributed by atoms with Crippen LogP contribution in [0, 0.1) is 34.9 Å². The topological polar surface area (TPSA) is 32.7 Å². The molecule has 192 valence electrons. The standard InChI is InChI=1S/C28H16F6N2OS/c1-14-20(28(37)36(35-14)27-25(33)23(31)22(30)24(32)26(27)34)12-16-9-10-21(19-8-3-2-7-18(16)19)38-13-15-5-4-6-17(29)11-15/h2-12H,13H2,1H3/b20-12+. The minimum Gasteiger partial charge on any atom is -0.267 e. The zero-order chi connectivity index (χ0) is 27.1. The van der Waals surface area contributed by atoms with Gasteiger partial charge < -0.3 is 0 Å². The van der Waals surface area contributed by atoms with E-state index in [1.54, 1.807) is 18.2 Å². The molecule has 0 bridgehead atoms. The van der Waals surface area contributed by atoms with Gasteiger partial charge in [-0.15, -0.1) is 11.8 Å². The molecule has 0 radical (unpaired) electrons. The molecule has 4 aromatic carbocycles. The number of rotatable bonds is 5. The lowest BCUT2D eigenvalue weighted by molar-refractivity contribution is -0.114. The summed E-state index contributed by atoms with van der Waals surface area (Å²) in [5, 5.41) is 5.56. The van der Waals surface area contributed by atoms with Crippen LogP contribution in [0.5, 0.6) is 0 Å². The van der Waals surface area contributed by atoms with Gasteiger partial charge in [0.2, 0.25) is 5.82 Å². The number of hydrazone groups is 1. The first-order chi connectivity index (χ1) is 18.2. The first-order valence-electron chi connectivity index (χ1n) is 11.2. The molecule has 0 fully saturated rings. The summed E-state index contributed by atoms with van der Waals surface area (Å²) in [6, 6.07) is 17.2. The van der Waals surface area contributed by atoms with Crippen LogP contribution in [0.25, 0.3) is 16.8 Å². The number of fused-ring (bicyclic) bond motifs is 1. The molecule has 0 atom stereocenters. The summed E-state index contributed by atoms with van der Waals surface area (Å²) in [4.78, 5) is 14.0. The van der Waals surface area contributed by atoms with Crippen molar-refractivity contribution in [2.75, 3.05) is 5.01 Å². The molecular formula is C28H16F6N2OS. The van der Waals surface area contributed by atoms with Crippen LogP contribution in [0.4, 0.5) is 32.0 Å². The Morgan fingerprint density at radius 2 is 1.47 bits per heavy atom. The van der Waals surface area contributed by atoms with E-state index in [4.69, 9.17) is 0 Å². The Morgan fingerprint density at radius 3 is 2.16 bits per heavy atom. The number of carbonyl (C=O) groups excluding carboxylic acids is 1. The Balaban J connectivity index is 1.51. The van der Waals surface area contributed by atoms with Gasteiger partial charge >= 0.3 is 0 Å². The van der Waals surface area contributed by atoms with Crippen LogP contribution in [0.1, 0.15) is 18.1 Å². The van der Waals surface area contributed by atoms with Gasteiger partial charge in [0.1, 0.15) is 11.5 Å². The lowest BCUT2D eigenvalue weighted by Gasteiger charge is -2.15. The molecule has 0 saturated heterocycles. The van der Waals surface area contributed by atoms with Gasteiger partial charge in [-0.2, -0.15) is 10.1 Å². The number of thioether (sulfide) groups is 1. The number of halogens is 6.